The molecule has 0 bridgehead atoms. The van der Waals surface area contributed by atoms with Crippen molar-refractivity contribution in [2.24, 2.45) is 4.99 Å². The van der Waals surface area contributed by atoms with E-state index in [1.807, 2.05) is 18.2 Å². The molecular weight excluding hydrogens is 226 g/mol. The van der Waals surface area contributed by atoms with E-state index < -0.39 is 0 Å². The average Bonchev–Trinajstić information content (AvgIpc) is 3.05. The zero-order chi connectivity index (χ0) is 12.6. The molecule has 1 fully saturated rings. The quantitative estimate of drug-likeness (QED) is 0.492. The molecule has 2 heterocycles. The number of hydrogen-bond donors (Lipinski definition) is 1. The molecule has 98 valence electrons. The second kappa shape index (κ2) is 6.89. The van der Waals surface area contributed by atoms with Crippen LogP contribution >= 0.6 is 0 Å². The second-order valence-corrected chi connectivity index (χ2v) is 4.40. The fourth-order valence-corrected chi connectivity index (χ4v) is 2.09. The molecule has 2 rings (SSSR count). The Bertz CT molecular complexity index is 378. The molecule has 4 nitrogen and oxygen atoms in total. The first-order chi connectivity index (χ1) is 8.90. The van der Waals surface area contributed by atoms with Crippen LogP contribution in [0.5, 0.6) is 0 Å². The Labute approximate surface area is 108 Å². The van der Waals surface area contributed by atoms with Crippen LogP contribution in [-0.4, -0.2) is 37.0 Å². The molecule has 1 N–H and O–H groups in total. The van der Waals surface area contributed by atoms with Gasteiger partial charge in [0.1, 0.15) is 5.76 Å². The van der Waals surface area contributed by atoms with E-state index in [1.165, 1.54) is 12.8 Å². The lowest BCUT2D eigenvalue weighted by Gasteiger charge is -2.20. The van der Waals surface area contributed by atoms with Gasteiger partial charge in [-0.1, -0.05) is 6.08 Å². The number of guanidine groups is 1. The van der Waals surface area contributed by atoms with Gasteiger partial charge in [-0.25, -0.2) is 0 Å². The summed E-state index contributed by atoms with van der Waals surface area (Å²) >= 11 is 0. The van der Waals surface area contributed by atoms with Gasteiger partial charge in [0.05, 0.1) is 6.26 Å². The summed E-state index contributed by atoms with van der Waals surface area (Å²) in [4.78, 5) is 6.95. The lowest BCUT2D eigenvalue weighted by Crippen LogP contribution is -2.39. The largest absolute Gasteiger partial charge is 0.469 e. The highest BCUT2D eigenvalue weighted by Gasteiger charge is 2.15. The molecule has 0 atom stereocenters. The molecule has 0 unspecified atom stereocenters. The smallest absolute Gasteiger partial charge is 0.194 e. The van der Waals surface area contributed by atoms with Crippen molar-refractivity contribution in [3.05, 3.63) is 36.8 Å². The Hall–Kier alpha value is -1.71. The van der Waals surface area contributed by atoms with Gasteiger partial charge >= 0.3 is 0 Å². The number of furan rings is 1. The van der Waals surface area contributed by atoms with Crippen molar-refractivity contribution in [1.29, 1.82) is 0 Å². The van der Waals surface area contributed by atoms with Crippen LogP contribution in [-0.2, 0) is 6.42 Å². The molecular formula is C14H21N3O. The van der Waals surface area contributed by atoms with Gasteiger partial charge in [-0.05, 0) is 25.0 Å². The lowest BCUT2D eigenvalue weighted by atomic mass is 10.3. The van der Waals surface area contributed by atoms with E-state index in [0.717, 1.165) is 44.3 Å². The zero-order valence-corrected chi connectivity index (χ0v) is 10.8. The van der Waals surface area contributed by atoms with Crippen LogP contribution in [0.15, 0.2) is 40.5 Å². The summed E-state index contributed by atoms with van der Waals surface area (Å²) in [7, 11) is 0. The van der Waals surface area contributed by atoms with Crippen molar-refractivity contribution < 1.29 is 4.42 Å². The second-order valence-electron chi connectivity index (χ2n) is 4.40. The van der Waals surface area contributed by atoms with E-state index in [-0.39, 0.29) is 0 Å². The molecule has 18 heavy (non-hydrogen) atoms. The highest BCUT2D eigenvalue weighted by Crippen LogP contribution is 2.08. The number of hydrogen-bond acceptors (Lipinski definition) is 2. The minimum absolute atomic E-state index is 0.753. The highest BCUT2D eigenvalue weighted by molar-refractivity contribution is 5.80. The first-order valence-electron chi connectivity index (χ1n) is 6.56. The van der Waals surface area contributed by atoms with Gasteiger partial charge in [-0.3, -0.25) is 4.99 Å². The monoisotopic (exact) mass is 247 g/mol. The third kappa shape index (κ3) is 3.65. The van der Waals surface area contributed by atoms with E-state index in [4.69, 9.17) is 4.42 Å². The number of nitrogens with one attached hydrogen (secondary N) is 1. The van der Waals surface area contributed by atoms with Crippen LogP contribution < -0.4 is 5.32 Å². The predicted octanol–water partition coefficient (Wildman–Crippen LogP) is 2.05. The Morgan fingerprint density at radius 1 is 1.50 bits per heavy atom. The summed E-state index contributed by atoms with van der Waals surface area (Å²) in [5, 5.41) is 3.32. The Balaban J connectivity index is 1.87. The first kappa shape index (κ1) is 12.7. The maximum absolute atomic E-state index is 5.30. The number of nitrogens with zero attached hydrogens (tertiary/aromatic N) is 2. The first-order valence-corrected chi connectivity index (χ1v) is 6.56. The number of rotatable bonds is 5. The topological polar surface area (TPSA) is 40.8 Å². The van der Waals surface area contributed by atoms with Crippen LogP contribution in [0.1, 0.15) is 18.6 Å². The van der Waals surface area contributed by atoms with E-state index >= 15 is 0 Å². The van der Waals surface area contributed by atoms with Gasteiger partial charge in [0, 0.05) is 32.6 Å². The maximum Gasteiger partial charge on any atom is 0.194 e. The fourth-order valence-electron chi connectivity index (χ4n) is 2.09. The summed E-state index contributed by atoms with van der Waals surface area (Å²) in [6.07, 6.45) is 6.93. The molecule has 0 saturated carbocycles. The summed E-state index contributed by atoms with van der Waals surface area (Å²) in [6, 6.07) is 3.90. The minimum atomic E-state index is 0.753. The van der Waals surface area contributed by atoms with Gasteiger partial charge < -0.3 is 14.6 Å². The zero-order valence-electron chi connectivity index (χ0n) is 10.8. The summed E-state index contributed by atoms with van der Waals surface area (Å²) in [6.45, 7) is 7.44. The Kier molecular flexibility index (Phi) is 4.88. The van der Waals surface area contributed by atoms with Crippen molar-refractivity contribution in [3.8, 4) is 0 Å². The normalized spacial score (nSPS) is 16.0. The van der Waals surface area contributed by atoms with Gasteiger partial charge in [0.25, 0.3) is 0 Å². The number of likely N-dealkylation sites (tertiary alicyclic amines) is 1. The average molecular weight is 247 g/mol. The third-order valence-electron chi connectivity index (χ3n) is 3.01. The molecule has 1 aromatic heterocycles. The molecule has 1 aromatic rings. The lowest BCUT2D eigenvalue weighted by molar-refractivity contribution is 0.490. The minimum Gasteiger partial charge on any atom is -0.469 e. The van der Waals surface area contributed by atoms with Gasteiger partial charge in [-0.2, -0.15) is 0 Å². The third-order valence-corrected chi connectivity index (χ3v) is 3.01. The SMILES string of the molecule is C=CCNC(=NCCc1ccco1)N1CCCC1. The molecule has 0 amide bonds. The Morgan fingerprint density at radius 3 is 3.00 bits per heavy atom. The van der Waals surface area contributed by atoms with Gasteiger partial charge in [0.15, 0.2) is 5.96 Å². The molecule has 1 aliphatic heterocycles. The molecule has 1 saturated heterocycles. The van der Waals surface area contributed by atoms with Crippen LogP contribution in [0, 0.1) is 0 Å². The predicted molar refractivity (Wildman–Crippen MR) is 73.7 cm³/mol. The Morgan fingerprint density at radius 2 is 2.33 bits per heavy atom. The van der Waals surface area contributed by atoms with E-state index in [1.54, 1.807) is 6.26 Å². The van der Waals surface area contributed by atoms with Crippen molar-refractivity contribution >= 4 is 5.96 Å². The van der Waals surface area contributed by atoms with Gasteiger partial charge in [-0.15, -0.1) is 6.58 Å². The van der Waals surface area contributed by atoms with E-state index in [2.05, 4.69) is 21.8 Å². The summed E-state index contributed by atoms with van der Waals surface area (Å²) in [5.41, 5.74) is 0. The van der Waals surface area contributed by atoms with Crippen molar-refractivity contribution in [2.75, 3.05) is 26.2 Å². The van der Waals surface area contributed by atoms with Gasteiger partial charge in [0.2, 0.25) is 0 Å². The van der Waals surface area contributed by atoms with Crippen LogP contribution in [0.4, 0.5) is 0 Å². The molecule has 1 aliphatic rings. The maximum atomic E-state index is 5.30. The fraction of sp³-hybridized carbons (Fsp3) is 0.500. The van der Waals surface area contributed by atoms with E-state index in [9.17, 15) is 0 Å². The molecule has 0 aliphatic carbocycles. The summed E-state index contributed by atoms with van der Waals surface area (Å²) in [5.74, 6) is 1.99. The summed E-state index contributed by atoms with van der Waals surface area (Å²) < 4.78 is 5.30. The van der Waals surface area contributed by atoms with Crippen LogP contribution in [0.2, 0.25) is 0 Å². The number of aliphatic imine (C=N–C) groups is 1. The van der Waals surface area contributed by atoms with Crippen molar-refractivity contribution in [2.45, 2.75) is 19.3 Å². The van der Waals surface area contributed by atoms with Crippen LogP contribution in [0.3, 0.4) is 0 Å². The highest BCUT2D eigenvalue weighted by atomic mass is 16.3. The van der Waals surface area contributed by atoms with Crippen LogP contribution in [0.25, 0.3) is 0 Å². The van der Waals surface area contributed by atoms with Crippen molar-refractivity contribution in [1.82, 2.24) is 10.2 Å². The van der Waals surface area contributed by atoms with Crippen molar-refractivity contribution in [3.63, 3.8) is 0 Å². The molecule has 0 aromatic carbocycles. The molecule has 0 spiro atoms. The molecule has 4 heteroatoms. The standard InChI is InChI=1S/C14H21N3O/c1-2-8-15-14(17-10-3-4-11-17)16-9-7-13-6-5-12-18-13/h2,5-6,12H,1,3-4,7-11H2,(H,15,16). The molecule has 0 radical (unpaired) electrons. The van der Waals surface area contributed by atoms with E-state index in [0.29, 0.717) is 0 Å².